The molecule has 0 saturated heterocycles. The first-order chi connectivity index (χ1) is 9.74. The second-order valence-corrected chi connectivity index (χ2v) is 4.79. The molecule has 0 spiro atoms. The molecule has 0 unspecified atom stereocenters. The fraction of sp³-hybridized carbons (Fsp3) is 0.643. The second kappa shape index (κ2) is 6.65. The van der Waals surface area contributed by atoms with E-state index in [0.29, 0.717) is 6.54 Å². The topological polar surface area (TPSA) is 68.8 Å². The Balaban J connectivity index is 2.33. The predicted molar refractivity (Wildman–Crippen MR) is 76.3 cm³/mol. The summed E-state index contributed by atoms with van der Waals surface area (Å²) in [4.78, 5) is 4.32. The van der Waals surface area contributed by atoms with E-state index in [9.17, 15) is 5.11 Å². The van der Waals surface area contributed by atoms with Crippen LogP contribution in [0.2, 0.25) is 0 Å². The largest absolute Gasteiger partial charge is 0.392 e. The standard InChI is InChI=1S/C14H23N5O/c1-4-7-18-14(15-10-16-18)8-19-13(6-3)11(9-20)12(5-2)17-19/h10,20H,4-9H2,1-3H3. The Morgan fingerprint density at radius 3 is 2.55 bits per heavy atom. The fourth-order valence-electron chi connectivity index (χ4n) is 2.53. The zero-order valence-electron chi connectivity index (χ0n) is 12.5. The Morgan fingerprint density at radius 2 is 1.95 bits per heavy atom. The van der Waals surface area contributed by atoms with Gasteiger partial charge in [-0.25, -0.2) is 9.67 Å². The van der Waals surface area contributed by atoms with E-state index in [1.165, 1.54) is 0 Å². The maximum absolute atomic E-state index is 9.55. The molecule has 0 fully saturated rings. The highest BCUT2D eigenvalue weighted by molar-refractivity contribution is 5.26. The molecule has 0 aliphatic heterocycles. The highest BCUT2D eigenvalue weighted by Gasteiger charge is 2.16. The summed E-state index contributed by atoms with van der Waals surface area (Å²) in [6, 6.07) is 0. The molecule has 0 saturated carbocycles. The lowest BCUT2D eigenvalue weighted by Gasteiger charge is -2.08. The molecule has 6 heteroatoms. The summed E-state index contributed by atoms with van der Waals surface area (Å²) in [6.07, 6.45) is 4.30. The van der Waals surface area contributed by atoms with Gasteiger partial charge in [0.2, 0.25) is 0 Å². The van der Waals surface area contributed by atoms with E-state index in [-0.39, 0.29) is 6.61 Å². The summed E-state index contributed by atoms with van der Waals surface area (Å²) in [7, 11) is 0. The first kappa shape index (κ1) is 14.7. The summed E-state index contributed by atoms with van der Waals surface area (Å²) in [6.45, 7) is 7.79. The van der Waals surface area contributed by atoms with Crippen molar-refractivity contribution >= 4 is 0 Å². The number of rotatable bonds is 7. The summed E-state index contributed by atoms with van der Waals surface area (Å²) in [5, 5.41) is 18.4. The molecule has 0 bridgehead atoms. The lowest BCUT2D eigenvalue weighted by atomic mass is 10.1. The van der Waals surface area contributed by atoms with Gasteiger partial charge in [-0.15, -0.1) is 0 Å². The Morgan fingerprint density at radius 1 is 1.15 bits per heavy atom. The average molecular weight is 277 g/mol. The highest BCUT2D eigenvalue weighted by Crippen LogP contribution is 2.17. The number of aromatic nitrogens is 5. The van der Waals surface area contributed by atoms with Crippen molar-refractivity contribution in [3.05, 3.63) is 29.1 Å². The Kier molecular flexibility index (Phi) is 4.89. The molecule has 0 atom stereocenters. The van der Waals surface area contributed by atoms with Crippen LogP contribution < -0.4 is 0 Å². The summed E-state index contributed by atoms with van der Waals surface area (Å²) < 4.78 is 3.88. The van der Waals surface area contributed by atoms with Crippen molar-refractivity contribution in [1.29, 1.82) is 0 Å². The molecule has 0 radical (unpaired) electrons. The van der Waals surface area contributed by atoms with E-state index < -0.39 is 0 Å². The third kappa shape index (κ3) is 2.75. The summed E-state index contributed by atoms with van der Waals surface area (Å²) in [5.41, 5.74) is 3.04. The first-order valence-electron chi connectivity index (χ1n) is 7.30. The number of nitrogens with zero attached hydrogens (tertiary/aromatic N) is 5. The third-order valence-corrected chi connectivity index (χ3v) is 3.50. The minimum atomic E-state index is 0.0496. The maximum Gasteiger partial charge on any atom is 0.148 e. The molecule has 1 N–H and O–H groups in total. The molecule has 0 aliphatic rings. The zero-order chi connectivity index (χ0) is 14.5. The van der Waals surface area contributed by atoms with E-state index in [4.69, 9.17) is 0 Å². The zero-order valence-corrected chi connectivity index (χ0v) is 12.5. The lowest BCUT2D eigenvalue weighted by molar-refractivity contribution is 0.279. The minimum Gasteiger partial charge on any atom is -0.392 e. The van der Waals surface area contributed by atoms with Gasteiger partial charge in [0.25, 0.3) is 0 Å². The molecule has 0 aliphatic carbocycles. The molecule has 0 amide bonds. The number of hydrogen-bond donors (Lipinski definition) is 1. The van der Waals surface area contributed by atoms with Crippen molar-refractivity contribution in [2.75, 3.05) is 0 Å². The van der Waals surface area contributed by atoms with Gasteiger partial charge in [0.1, 0.15) is 18.7 Å². The molecule has 20 heavy (non-hydrogen) atoms. The molecule has 2 heterocycles. The van der Waals surface area contributed by atoms with Crippen molar-refractivity contribution in [2.24, 2.45) is 0 Å². The predicted octanol–water partition coefficient (Wildman–Crippen LogP) is 1.55. The van der Waals surface area contributed by atoms with Gasteiger partial charge >= 0.3 is 0 Å². The molecule has 2 aromatic heterocycles. The van der Waals surface area contributed by atoms with Crippen LogP contribution in [0.25, 0.3) is 0 Å². The molecule has 0 aromatic carbocycles. The monoisotopic (exact) mass is 277 g/mol. The molecule has 2 rings (SSSR count). The van der Waals surface area contributed by atoms with Gasteiger partial charge in [-0.05, 0) is 19.3 Å². The van der Waals surface area contributed by atoms with Crippen LogP contribution in [0.15, 0.2) is 6.33 Å². The van der Waals surface area contributed by atoms with Crippen LogP contribution in [-0.2, 0) is 32.5 Å². The van der Waals surface area contributed by atoms with Gasteiger partial charge in [0, 0.05) is 17.8 Å². The molecule has 2 aromatic rings. The fourth-order valence-corrected chi connectivity index (χ4v) is 2.53. The lowest BCUT2D eigenvalue weighted by Crippen LogP contribution is -2.13. The van der Waals surface area contributed by atoms with Crippen LogP contribution in [0, 0.1) is 0 Å². The number of aliphatic hydroxyl groups excluding tert-OH is 1. The summed E-state index contributed by atoms with van der Waals surface area (Å²) in [5.74, 6) is 0.913. The van der Waals surface area contributed by atoms with Gasteiger partial charge in [-0.3, -0.25) is 4.68 Å². The van der Waals surface area contributed by atoms with Gasteiger partial charge in [-0.2, -0.15) is 10.2 Å². The quantitative estimate of drug-likeness (QED) is 0.833. The Labute approximate surface area is 119 Å². The number of hydrogen-bond acceptors (Lipinski definition) is 4. The SMILES string of the molecule is CCCn1ncnc1Cn1nc(CC)c(CO)c1CC. The molecule has 6 nitrogen and oxygen atoms in total. The first-order valence-corrected chi connectivity index (χ1v) is 7.30. The van der Waals surface area contributed by atoms with Gasteiger partial charge < -0.3 is 5.11 Å². The van der Waals surface area contributed by atoms with Crippen LogP contribution in [0.1, 0.15) is 50.0 Å². The van der Waals surface area contributed by atoms with Crippen LogP contribution in [0.5, 0.6) is 0 Å². The second-order valence-electron chi connectivity index (χ2n) is 4.79. The van der Waals surface area contributed by atoms with E-state index in [2.05, 4.69) is 36.0 Å². The molecular formula is C14H23N5O. The van der Waals surface area contributed by atoms with Crippen LogP contribution in [0.4, 0.5) is 0 Å². The van der Waals surface area contributed by atoms with Gasteiger partial charge in [0.15, 0.2) is 0 Å². The van der Waals surface area contributed by atoms with Gasteiger partial charge in [-0.1, -0.05) is 20.8 Å². The van der Waals surface area contributed by atoms with E-state index in [1.54, 1.807) is 6.33 Å². The van der Waals surface area contributed by atoms with E-state index in [0.717, 1.165) is 48.6 Å². The van der Waals surface area contributed by atoms with Crippen molar-refractivity contribution in [3.63, 3.8) is 0 Å². The smallest absolute Gasteiger partial charge is 0.148 e. The van der Waals surface area contributed by atoms with Crippen molar-refractivity contribution in [3.8, 4) is 0 Å². The van der Waals surface area contributed by atoms with Crippen molar-refractivity contribution in [1.82, 2.24) is 24.5 Å². The molecular weight excluding hydrogens is 254 g/mol. The van der Waals surface area contributed by atoms with Crippen LogP contribution in [-0.4, -0.2) is 29.7 Å². The van der Waals surface area contributed by atoms with E-state index >= 15 is 0 Å². The molecule has 110 valence electrons. The number of aryl methyl sites for hydroxylation is 2. The average Bonchev–Trinajstić information content (AvgIpc) is 3.03. The number of aliphatic hydroxyl groups is 1. The van der Waals surface area contributed by atoms with Gasteiger partial charge in [0.05, 0.1) is 12.3 Å². The maximum atomic E-state index is 9.55. The summed E-state index contributed by atoms with van der Waals surface area (Å²) >= 11 is 0. The Bertz CT molecular complexity index is 558. The Hall–Kier alpha value is -1.69. The minimum absolute atomic E-state index is 0.0496. The third-order valence-electron chi connectivity index (χ3n) is 3.50. The highest BCUT2D eigenvalue weighted by atomic mass is 16.3. The van der Waals surface area contributed by atoms with Crippen molar-refractivity contribution in [2.45, 2.75) is 59.7 Å². The van der Waals surface area contributed by atoms with Crippen LogP contribution >= 0.6 is 0 Å². The van der Waals surface area contributed by atoms with E-state index in [1.807, 2.05) is 9.36 Å². The van der Waals surface area contributed by atoms with Crippen molar-refractivity contribution < 1.29 is 5.11 Å². The van der Waals surface area contributed by atoms with Crippen LogP contribution in [0.3, 0.4) is 0 Å². The normalized spacial score (nSPS) is 11.2.